The third kappa shape index (κ3) is 6.16. The highest BCUT2D eigenvalue weighted by atomic mass is 79.9. The van der Waals surface area contributed by atoms with Crippen molar-refractivity contribution in [3.8, 4) is 0 Å². The van der Waals surface area contributed by atoms with Gasteiger partial charge >= 0.3 is 0 Å². The second-order valence-corrected chi connectivity index (χ2v) is 8.59. The first-order chi connectivity index (χ1) is 13.1. The van der Waals surface area contributed by atoms with Crippen molar-refractivity contribution in [2.24, 2.45) is 5.92 Å². The minimum absolute atomic E-state index is 0.0271. The lowest BCUT2D eigenvalue weighted by molar-refractivity contribution is -0.126. The number of halogens is 1. The van der Waals surface area contributed by atoms with Crippen LogP contribution >= 0.6 is 27.3 Å². The Morgan fingerprint density at radius 3 is 2.63 bits per heavy atom. The van der Waals surface area contributed by atoms with Crippen LogP contribution in [0.4, 0.5) is 5.69 Å². The van der Waals surface area contributed by atoms with Gasteiger partial charge in [-0.2, -0.15) is 0 Å². The number of carbonyl (C=O) groups excluding carboxylic acids is 2. The van der Waals surface area contributed by atoms with Crippen LogP contribution in [0.2, 0.25) is 0 Å². The molecule has 1 aromatic carbocycles. The molecule has 144 valence electrons. The molecule has 1 fully saturated rings. The molecule has 0 bridgehead atoms. The fourth-order valence-electron chi connectivity index (χ4n) is 3.22. The number of piperidine rings is 1. The molecule has 5 nitrogen and oxygen atoms in total. The largest absolute Gasteiger partial charge is 0.355 e. The number of nitrogens with zero attached hydrogens (tertiary/aromatic N) is 1. The Balaban J connectivity index is 1.36. The number of hydrogen-bond acceptors (Lipinski definition) is 4. The van der Waals surface area contributed by atoms with Crippen LogP contribution < -0.4 is 10.6 Å². The summed E-state index contributed by atoms with van der Waals surface area (Å²) in [5.41, 5.74) is 0.780. The van der Waals surface area contributed by atoms with Crippen LogP contribution in [-0.2, 0) is 16.0 Å². The first-order valence-electron chi connectivity index (χ1n) is 9.18. The standard InChI is InChI=1S/C20H24BrN3O2S/c21-17-5-1-2-6-18(17)23-19(25)14-24-11-8-15(9-12-24)20(26)22-10-7-16-4-3-13-27-16/h1-6,13,15H,7-12,14H2,(H,22,26)(H,23,25). The highest BCUT2D eigenvalue weighted by Gasteiger charge is 2.25. The molecule has 27 heavy (non-hydrogen) atoms. The summed E-state index contributed by atoms with van der Waals surface area (Å²) in [5, 5.41) is 8.03. The van der Waals surface area contributed by atoms with Gasteiger partial charge in [0, 0.05) is 21.8 Å². The summed E-state index contributed by atoms with van der Waals surface area (Å²) in [4.78, 5) is 28.0. The second kappa shape index (κ2) is 10.0. The number of anilines is 1. The van der Waals surface area contributed by atoms with E-state index < -0.39 is 0 Å². The highest BCUT2D eigenvalue weighted by molar-refractivity contribution is 9.10. The highest BCUT2D eigenvalue weighted by Crippen LogP contribution is 2.22. The number of para-hydroxylation sites is 1. The van der Waals surface area contributed by atoms with Crippen LogP contribution in [0.1, 0.15) is 17.7 Å². The van der Waals surface area contributed by atoms with Gasteiger partial charge in [-0.15, -0.1) is 11.3 Å². The number of benzene rings is 1. The Kier molecular flexibility index (Phi) is 7.43. The summed E-state index contributed by atoms with van der Waals surface area (Å²) < 4.78 is 0.872. The van der Waals surface area contributed by atoms with E-state index in [0.29, 0.717) is 13.1 Å². The molecule has 1 saturated heterocycles. The van der Waals surface area contributed by atoms with Crippen LogP contribution in [0.3, 0.4) is 0 Å². The summed E-state index contributed by atoms with van der Waals surface area (Å²) in [7, 11) is 0. The molecule has 7 heteroatoms. The zero-order valence-electron chi connectivity index (χ0n) is 15.1. The molecule has 0 radical (unpaired) electrons. The van der Waals surface area contributed by atoms with Gasteiger partial charge in [0.25, 0.3) is 0 Å². The van der Waals surface area contributed by atoms with Gasteiger partial charge in [0.2, 0.25) is 11.8 Å². The van der Waals surface area contributed by atoms with E-state index in [-0.39, 0.29) is 17.7 Å². The van der Waals surface area contributed by atoms with Crippen LogP contribution in [-0.4, -0.2) is 42.9 Å². The molecule has 0 saturated carbocycles. The first-order valence-corrected chi connectivity index (χ1v) is 10.9. The second-order valence-electron chi connectivity index (χ2n) is 6.70. The lowest BCUT2D eigenvalue weighted by Crippen LogP contribution is -2.43. The fourth-order valence-corrected chi connectivity index (χ4v) is 4.31. The maximum absolute atomic E-state index is 12.3. The Hall–Kier alpha value is -1.70. The lowest BCUT2D eigenvalue weighted by Gasteiger charge is -2.30. The van der Waals surface area contributed by atoms with Gasteiger partial charge in [-0.25, -0.2) is 0 Å². The maximum Gasteiger partial charge on any atom is 0.238 e. The van der Waals surface area contributed by atoms with E-state index in [4.69, 9.17) is 0 Å². The van der Waals surface area contributed by atoms with Gasteiger partial charge < -0.3 is 10.6 Å². The zero-order valence-corrected chi connectivity index (χ0v) is 17.5. The molecular formula is C20H24BrN3O2S. The lowest BCUT2D eigenvalue weighted by atomic mass is 9.96. The van der Waals surface area contributed by atoms with Gasteiger partial charge in [0.05, 0.1) is 12.2 Å². The van der Waals surface area contributed by atoms with E-state index in [0.717, 1.165) is 42.5 Å². The fraction of sp³-hybridized carbons (Fsp3) is 0.400. The molecule has 2 N–H and O–H groups in total. The van der Waals surface area contributed by atoms with Crippen molar-refractivity contribution in [2.75, 3.05) is 31.5 Å². The van der Waals surface area contributed by atoms with Crippen molar-refractivity contribution in [3.05, 3.63) is 51.1 Å². The monoisotopic (exact) mass is 449 g/mol. The Morgan fingerprint density at radius 2 is 1.93 bits per heavy atom. The van der Waals surface area contributed by atoms with Crippen molar-refractivity contribution >= 4 is 44.8 Å². The molecule has 0 spiro atoms. The van der Waals surface area contributed by atoms with Crippen LogP contribution in [0, 0.1) is 5.92 Å². The number of amides is 2. The molecule has 0 atom stereocenters. The van der Waals surface area contributed by atoms with Gasteiger partial charge in [-0.1, -0.05) is 18.2 Å². The van der Waals surface area contributed by atoms with Gasteiger partial charge in [-0.05, 0) is 71.9 Å². The summed E-state index contributed by atoms with van der Waals surface area (Å²) in [5.74, 6) is 0.167. The number of thiophene rings is 1. The van der Waals surface area contributed by atoms with E-state index in [1.165, 1.54) is 4.88 Å². The SMILES string of the molecule is O=C(CN1CCC(C(=O)NCCc2cccs2)CC1)Nc1ccccc1Br. The van der Waals surface area contributed by atoms with E-state index in [1.807, 2.05) is 30.3 Å². The molecule has 1 aliphatic rings. The van der Waals surface area contributed by atoms with Crippen LogP contribution in [0.15, 0.2) is 46.3 Å². The predicted molar refractivity (Wildman–Crippen MR) is 113 cm³/mol. The van der Waals surface area contributed by atoms with Crippen LogP contribution in [0.5, 0.6) is 0 Å². The van der Waals surface area contributed by atoms with Crippen molar-refractivity contribution in [1.29, 1.82) is 0 Å². The number of rotatable bonds is 7. The van der Waals surface area contributed by atoms with Crippen molar-refractivity contribution in [1.82, 2.24) is 10.2 Å². The van der Waals surface area contributed by atoms with E-state index in [2.05, 4.69) is 42.9 Å². The smallest absolute Gasteiger partial charge is 0.238 e. The topological polar surface area (TPSA) is 61.4 Å². The Bertz CT molecular complexity index is 758. The number of likely N-dealkylation sites (tertiary alicyclic amines) is 1. The molecule has 3 rings (SSSR count). The quantitative estimate of drug-likeness (QED) is 0.679. The molecular weight excluding hydrogens is 426 g/mol. The minimum atomic E-state index is -0.0271. The zero-order chi connectivity index (χ0) is 19.1. The number of carbonyl (C=O) groups is 2. The van der Waals surface area contributed by atoms with Crippen molar-refractivity contribution < 1.29 is 9.59 Å². The number of nitrogens with one attached hydrogen (secondary N) is 2. The van der Waals surface area contributed by atoms with E-state index in [1.54, 1.807) is 11.3 Å². The average Bonchev–Trinajstić information content (AvgIpc) is 3.17. The van der Waals surface area contributed by atoms with E-state index in [9.17, 15) is 9.59 Å². The Morgan fingerprint density at radius 1 is 1.15 bits per heavy atom. The molecule has 1 aliphatic heterocycles. The van der Waals surface area contributed by atoms with Crippen molar-refractivity contribution in [2.45, 2.75) is 19.3 Å². The summed E-state index contributed by atoms with van der Waals surface area (Å²) in [6, 6.07) is 11.7. The third-order valence-electron chi connectivity index (χ3n) is 4.72. The molecule has 0 aliphatic carbocycles. The predicted octanol–water partition coefficient (Wildman–Crippen LogP) is 3.52. The Labute approximate surface area is 172 Å². The molecule has 2 amide bonds. The molecule has 2 heterocycles. The average molecular weight is 450 g/mol. The maximum atomic E-state index is 12.3. The molecule has 1 aromatic heterocycles. The van der Waals surface area contributed by atoms with Gasteiger partial charge in [0.1, 0.15) is 0 Å². The summed E-state index contributed by atoms with van der Waals surface area (Å²) in [6.45, 7) is 2.58. The van der Waals surface area contributed by atoms with Gasteiger partial charge in [0.15, 0.2) is 0 Å². The van der Waals surface area contributed by atoms with Gasteiger partial charge in [-0.3, -0.25) is 14.5 Å². The third-order valence-corrected chi connectivity index (χ3v) is 6.35. The van der Waals surface area contributed by atoms with E-state index >= 15 is 0 Å². The summed E-state index contributed by atoms with van der Waals surface area (Å²) >= 11 is 5.15. The first kappa shape index (κ1) is 20.0. The van der Waals surface area contributed by atoms with Crippen molar-refractivity contribution in [3.63, 3.8) is 0 Å². The summed E-state index contributed by atoms with van der Waals surface area (Å²) in [6.07, 6.45) is 2.48. The molecule has 2 aromatic rings. The minimum Gasteiger partial charge on any atom is -0.355 e. The molecule has 0 unspecified atom stereocenters. The normalized spacial score (nSPS) is 15.4. The van der Waals surface area contributed by atoms with Crippen LogP contribution in [0.25, 0.3) is 0 Å². The number of hydrogen-bond donors (Lipinski definition) is 2.